The van der Waals surface area contributed by atoms with Crippen LogP contribution in [0.25, 0.3) is 0 Å². The third kappa shape index (κ3) is 4.36. The Kier molecular flexibility index (Phi) is 5.89. The van der Waals surface area contributed by atoms with Gasteiger partial charge in [0.05, 0.1) is 0 Å². The molecule has 0 radical (unpaired) electrons. The summed E-state index contributed by atoms with van der Waals surface area (Å²) in [4.78, 5) is 1.38. The molecular weight excluding hydrogens is 274 g/mol. The molecule has 2 aromatic carbocycles. The highest BCUT2D eigenvalue weighted by atomic mass is 32.2. The molecule has 0 aliphatic carbocycles. The van der Waals surface area contributed by atoms with Crippen LogP contribution in [0.3, 0.4) is 0 Å². The van der Waals surface area contributed by atoms with Crippen molar-refractivity contribution in [1.29, 1.82) is 0 Å². The molecule has 1 N–H and O–H groups in total. The summed E-state index contributed by atoms with van der Waals surface area (Å²) >= 11 is 1.94. The fourth-order valence-corrected chi connectivity index (χ4v) is 3.65. The first kappa shape index (κ1) is 16.1. The minimum atomic E-state index is 0.402. The van der Waals surface area contributed by atoms with Gasteiger partial charge in [0.2, 0.25) is 0 Å². The molecule has 0 bridgehead atoms. The highest BCUT2D eigenvalue weighted by Gasteiger charge is 2.14. The lowest BCUT2D eigenvalue weighted by molar-refractivity contribution is 0.602. The summed E-state index contributed by atoms with van der Waals surface area (Å²) in [5.74, 6) is 1.06. The van der Waals surface area contributed by atoms with Crippen LogP contribution in [0, 0.1) is 20.8 Å². The molecule has 0 aliphatic heterocycles. The van der Waals surface area contributed by atoms with Gasteiger partial charge in [0.25, 0.3) is 0 Å². The maximum absolute atomic E-state index is 3.64. The molecule has 112 valence electrons. The van der Waals surface area contributed by atoms with E-state index in [4.69, 9.17) is 0 Å². The summed E-state index contributed by atoms with van der Waals surface area (Å²) < 4.78 is 0. The van der Waals surface area contributed by atoms with Crippen LogP contribution in [0.1, 0.15) is 35.2 Å². The number of thioether (sulfide) groups is 1. The first-order valence-electron chi connectivity index (χ1n) is 7.60. The molecule has 0 amide bonds. The van der Waals surface area contributed by atoms with Gasteiger partial charge < -0.3 is 5.32 Å². The van der Waals surface area contributed by atoms with Gasteiger partial charge >= 0.3 is 0 Å². The third-order valence-corrected chi connectivity index (χ3v) is 5.03. The Labute approximate surface area is 133 Å². The van der Waals surface area contributed by atoms with Crippen molar-refractivity contribution < 1.29 is 0 Å². The molecule has 1 atom stereocenters. The molecule has 2 rings (SSSR count). The summed E-state index contributed by atoms with van der Waals surface area (Å²) in [5, 5.41) is 3.64. The number of benzene rings is 2. The lowest BCUT2D eigenvalue weighted by Gasteiger charge is -2.21. The van der Waals surface area contributed by atoms with Crippen molar-refractivity contribution in [3.05, 3.63) is 64.7 Å². The maximum atomic E-state index is 3.64. The van der Waals surface area contributed by atoms with E-state index < -0.39 is 0 Å². The average molecular weight is 299 g/mol. The van der Waals surface area contributed by atoms with Crippen LogP contribution < -0.4 is 5.32 Å². The van der Waals surface area contributed by atoms with Crippen molar-refractivity contribution in [1.82, 2.24) is 5.32 Å². The smallest absolute Gasteiger partial charge is 0.0418 e. The second-order valence-electron chi connectivity index (χ2n) is 5.55. The van der Waals surface area contributed by atoms with Gasteiger partial charge in [-0.15, -0.1) is 11.8 Å². The number of rotatable bonds is 6. The molecule has 21 heavy (non-hydrogen) atoms. The Balaban J connectivity index is 2.16. The largest absolute Gasteiger partial charge is 0.309 e. The predicted octanol–water partition coefficient (Wildman–Crippen LogP) is 5.05. The summed E-state index contributed by atoms with van der Waals surface area (Å²) in [6, 6.07) is 15.8. The van der Waals surface area contributed by atoms with Crippen LogP contribution in [-0.4, -0.2) is 12.3 Å². The summed E-state index contributed by atoms with van der Waals surface area (Å²) in [7, 11) is 0. The van der Waals surface area contributed by atoms with Crippen molar-refractivity contribution in [2.24, 2.45) is 0 Å². The highest BCUT2D eigenvalue weighted by molar-refractivity contribution is 7.99. The minimum absolute atomic E-state index is 0.402. The van der Waals surface area contributed by atoms with Gasteiger partial charge in [0.1, 0.15) is 0 Å². The summed E-state index contributed by atoms with van der Waals surface area (Å²) in [6.07, 6.45) is 0. The number of aryl methyl sites for hydroxylation is 3. The van der Waals surface area contributed by atoms with Crippen LogP contribution in [0.4, 0.5) is 0 Å². The number of hydrogen-bond acceptors (Lipinski definition) is 2. The molecule has 1 nitrogen and oxygen atoms in total. The van der Waals surface area contributed by atoms with Crippen LogP contribution in [-0.2, 0) is 0 Å². The van der Waals surface area contributed by atoms with E-state index >= 15 is 0 Å². The maximum Gasteiger partial charge on any atom is 0.0418 e. The second-order valence-corrected chi connectivity index (χ2v) is 6.61. The molecular formula is C19H25NS. The lowest BCUT2D eigenvalue weighted by atomic mass is 10.00. The average Bonchev–Trinajstić information content (AvgIpc) is 2.48. The van der Waals surface area contributed by atoms with Crippen molar-refractivity contribution in [2.75, 3.05) is 12.3 Å². The van der Waals surface area contributed by atoms with Crippen LogP contribution in [0.5, 0.6) is 0 Å². The summed E-state index contributed by atoms with van der Waals surface area (Å²) in [5.41, 5.74) is 5.49. The van der Waals surface area contributed by atoms with Crippen molar-refractivity contribution in [3.63, 3.8) is 0 Å². The number of hydrogen-bond donors (Lipinski definition) is 1. The fraction of sp³-hybridized carbons (Fsp3) is 0.368. The van der Waals surface area contributed by atoms with E-state index in [0.29, 0.717) is 6.04 Å². The van der Waals surface area contributed by atoms with E-state index in [2.05, 4.69) is 75.5 Å². The minimum Gasteiger partial charge on any atom is -0.309 e. The molecule has 2 heteroatoms. The Morgan fingerprint density at radius 3 is 2.48 bits per heavy atom. The van der Waals surface area contributed by atoms with Crippen molar-refractivity contribution in [3.8, 4) is 0 Å². The molecule has 0 saturated heterocycles. The molecule has 0 spiro atoms. The van der Waals surface area contributed by atoms with Crippen molar-refractivity contribution in [2.45, 2.75) is 38.6 Å². The van der Waals surface area contributed by atoms with E-state index in [1.165, 1.54) is 27.1 Å². The Morgan fingerprint density at radius 2 is 1.76 bits per heavy atom. The van der Waals surface area contributed by atoms with E-state index in [1.54, 1.807) is 0 Å². The SMILES string of the molecule is CCNC(CSc1ccccc1C)c1cc(C)ccc1C. The third-order valence-electron chi connectivity index (χ3n) is 3.76. The van der Waals surface area contributed by atoms with Crippen LogP contribution in [0.15, 0.2) is 47.4 Å². The fourth-order valence-electron chi connectivity index (χ4n) is 2.53. The monoisotopic (exact) mass is 299 g/mol. The predicted molar refractivity (Wildman–Crippen MR) is 94.2 cm³/mol. The number of nitrogens with one attached hydrogen (secondary N) is 1. The van der Waals surface area contributed by atoms with Gasteiger partial charge in [-0.1, -0.05) is 48.9 Å². The highest BCUT2D eigenvalue weighted by Crippen LogP contribution is 2.28. The van der Waals surface area contributed by atoms with Gasteiger partial charge in [-0.2, -0.15) is 0 Å². The molecule has 2 aromatic rings. The van der Waals surface area contributed by atoms with Gasteiger partial charge in [0, 0.05) is 16.7 Å². The Morgan fingerprint density at radius 1 is 1.00 bits per heavy atom. The van der Waals surface area contributed by atoms with Gasteiger partial charge in [-0.3, -0.25) is 0 Å². The topological polar surface area (TPSA) is 12.0 Å². The van der Waals surface area contributed by atoms with Gasteiger partial charge in [-0.05, 0) is 50.1 Å². The van der Waals surface area contributed by atoms with Gasteiger partial charge in [0.15, 0.2) is 0 Å². The zero-order chi connectivity index (χ0) is 15.2. The van der Waals surface area contributed by atoms with Crippen molar-refractivity contribution >= 4 is 11.8 Å². The summed E-state index contributed by atoms with van der Waals surface area (Å²) in [6.45, 7) is 9.73. The van der Waals surface area contributed by atoms with Gasteiger partial charge in [-0.25, -0.2) is 0 Å². The van der Waals surface area contributed by atoms with Crippen LogP contribution >= 0.6 is 11.8 Å². The quantitative estimate of drug-likeness (QED) is 0.749. The first-order valence-corrected chi connectivity index (χ1v) is 8.59. The Hall–Kier alpha value is -1.25. The zero-order valence-electron chi connectivity index (χ0n) is 13.4. The van der Waals surface area contributed by atoms with Crippen LogP contribution in [0.2, 0.25) is 0 Å². The molecule has 0 saturated carbocycles. The molecule has 0 heterocycles. The van der Waals surface area contributed by atoms with E-state index in [-0.39, 0.29) is 0 Å². The Bertz CT molecular complexity index is 592. The molecule has 0 aliphatic rings. The van der Waals surface area contributed by atoms with E-state index in [1.807, 2.05) is 11.8 Å². The molecule has 1 unspecified atom stereocenters. The lowest BCUT2D eigenvalue weighted by Crippen LogP contribution is -2.23. The van der Waals surface area contributed by atoms with E-state index in [9.17, 15) is 0 Å². The van der Waals surface area contributed by atoms with E-state index in [0.717, 1.165) is 12.3 Å². The first-order chi connectivity index (χ1) is 10.1. The zero-order valence-corrected chi connectivity index (χ0v) is 14.3. The molecule has 0 aromatic heterocycles. The second kappa shape index (κ2) is 7.67. The molecule has 0 fully saturated rings. The standard InChI is InChI=1S/C19H25NS/c1-5-20-18(17-12-14(2)10-11-15(17)3)13-21-19-9-7-6-8-16(19)4/h6-12,18,20H,5,13H2,1-4H3. The normalized spacial score (nSPS) is 12.4.